The van der Waals surface area contributed by atoms with E-state index in [1.807, 2.05) is 36.4 Å². The average Bonchev–Trinajstić information content (AvgIpc) is 2.30. The van der Waals surface area contributed by atoms with E-state index in [4.69, 9.17) is 10.5 Å². The molecule has 3 heteroatoms. The zero-order valence-corrected chi connectivity index (χ0v) is 9.36. The first kappa shape index (κ1) is 11.9. The van der Waals surface area contributed by atoms with E-state index in [1.54, 1.807) is 12.2 Å². The van der Waals surface area contributed by atoms with E-state index in [0.29, 0.717) is 0 Å². The van der Waals surface area contributed by atoms with Crippen LogP contribution in [0.5, 0.6) is 0 Å². The molecule has 0 radical (unpaired) electrons. The molecule has 0 aliphatic carbocycles. The molecule has 15 heavy (non-hydrogen) atoms. The molecule has 1 unspecified atom stereocenters. The normalized spacial score (nSPS) is 13.3. The van der Waals surface area contributed by atoms with Gasteiger partial charge >= 0.3 is 0 Å². The Hall–Kier alpha value is -1.21. The van der Waals surface area contributed by atoms with Crippen molar-refractivity contribution in [1.29, 1.82) is 0 Å². The number of rotatable bonds is 5. The van der Waals surface area contributed by atoms with Crippen molar-refractivity contribution in [3.05, 3.63) is 67.0 Å². The number of benzene rings is 1. The summed E-state index contributed by atoms with van der Waals surface area (Å²) in [6.07, 6.45) is 5.31. The topological polar surface area (TPSA) is 35.2 Å². The fourth-order valence-electron chi connectivity index (χ4n) is 1.17. The van der Waals surface area contributed by atoms with Gasteiger partial charge in [0.25, 0.3) is 0 Å². The molecule has 0 aliphatic rings. The summed E-state index contributed by atoms with van der Waals surface area (Å²) in [5, 5.41) is 2.01. The minimum Gasteiger partial charge on any atom is -0.273 e. The second kappa shape index (κ2) is 6.31. The Balaban J connectivity index is 3.03. The molecule has 1 aromatic rings. The van der Waals surface area contributed by atoms with Crippen LogP contribution in [-0.4, -0.2) is 0 Å². The number of nitrogens with two attached hydrogens (primary N) is 1. The van der Waals surface area contributed by atoms with Gasteiger partial charge in [0.05, 0.1) is 0 Å². The fraction of sp³-hybridized carbons (Fsp3) is 0. The summed E-state index contributed by atoms with van der Waals surface area (Å²) >= 11 is 0. The lowest BCUT2D eigenvalue weighted by Gasteiger charge is -2.14. The zero-order chi connectivity index (χ0) is 11.1. The minimum atomic E-state index is -0.973. The molecule has 2 N–H and O–H groups in total. The highest BCUT2D eigenvalue weighted by atomic mass is 31.1. The summed E-state index contributed by atoms with van der Waals surface area (Å²) in [6.45, 7) is 7.39. The van der Waals surface area contributed by atoms with Crippen molar-refractivity contribution < 1.29 is 4.62 Å². The quantitative estimate of drug-likeness (QED) is 0.469. The SMILES string of the molecule is C=C/C=C(\C=C)P(ON)c1ccccc1. The van der Waals surface area contributed by atoms with E-state index in [1.165, 1.54) is 0 Å². The van der Waals surface area contributed by atoms with E-state index in [9.17, 15) is 0 Å². The molecule has 0 saturated carbocycles. The number of allylic oxidation sites excluding steroid dienone is 4. The van der Waals surface area contributed by atoms with E-state index in [2.05, 4.69) is 13.2 Å². The van der Waals surface area contributed by atoms with E-state index in [0.717, 1.165) is 10.6 Å². The highest BCUT2D eigenvalue weighted by Gasteiger charge is 2.13. The van der Waals surface area contributed by atoms with E-state index in [-0.39, 0.29) is 0 Å². The van der Waals surface area contributed by atoms with Gasteiger partial charge in [-0.15, -0.1) is 0 Å². The second-order valence-electron chi connectivity index (χ2n) is 2.77. The van der Waals surface area contributed by atoms with Gasteiger partial charge in [-0.3, -0.25) is 4.62 Å². The second-order valence-corrected chi connectivity index (χ2v) is 4.60. The van der Waals surface area contributed by atoms with E-state index < -0.39 is 8.15 Å². The first-order chi connectivity index (χ1) is 7.33. The molecule has 0 amide bonds. The molecule has 0 fully saturated rings. The Kier molecular flexibility index (Phi) is 4.99. The van der Waals surface area contributed by atoms with Gasteiger partial charge in [0.1, 0.15) is 8.15 Å². The maximum atomic E-state index is 5.32. The van der Waals surface area contributed by atoms with Crippen LogP contribution in [0.1, 0.15) is 0 Å². The first-order valence-electron chi connectivity index (χ1n) is 4.50. The molecule has 0 saturated heterocycles. The van der Waals surface area contributed by atoms with Crippen LogP contribution in [0, 0.1) is 0 Å². The molecule has 0 bridgehead atoms. The average molecular weight is 219 g/mol. The van der Waals surface area contributed by atoms with Crippen molar-refractivity contribution in [2.75, 3.05) is 0 Å². The third-order valence-electron chi connectivity index (χ3n) is 1.83. The Labute approximate surface area is 91.5 Å². The van der Waals surface area contributed by atoms with Gasteiger partial charge in [0.2, 0.25) is 0 Å². The third kappa shape index (κ3) is 3.14. The Morgan fingerprint density at radius 3 is 2.40 bits per heavy atom. The van der Waals surface area contributed by atoms with E-state index >= 15 is 0 Å². The fourth-order valence-corrected chi connectivity index (χ4v) is 2.56. The van der Waals surface area contributed by atoms with Crippen LogP contribution in [-0.2, 0) is 4.62 Å². The molecule has 0 aliphatic heterocycles. The lowest BCUT2D eigenvalue weighted by molar-refractivity contribution is 0.382. The van der Waals surface area contributed by atoms with Crippen LogP contribution in [0.2, 0.25) is 0 Å². The molecule has 2 nitrogen and oxygen atoms in total. The summed E-state index contributed by atoms with van der Waals surface area (Å²) in [5.74, 6) is 5.32. The van der Waals surface area contributed by atoms with Crippen LogP contribution in [0.25, 0.3) is 0 Å². The van der Waals surface area contributed by atoms with Gasteiger partial charge in [-0.25, -0.2) is 5.90 Å². The van der Waals surface area contributed by atoms with Gasteiger partial charge in [0, 0.05) is 10.6 Å². The number of hydrogen-bond donors (Lipinski definition) is 1. The standard InChI is InChI=1S/C12H14NOP/c1-3-8-11(4-2)15(14-13)12-9-6-5-7-10-12/h3-10H,1-2,13H2/b11-8+. The van der Waals surface area contributed by atoms with Crippen LogP contribution in [0.15, 0.2) is 67.0 Å². The maximum Gasteiger partial charge on any atom is 0.117 e. The molecular formula is C12H14NOP. The first-order valence-corrected chi connectivity index (χ1v) is 5.76. The van der Waals surface area contributed by atoms with Gasteiger partial charge in [-0.05, 0) is 0 Å². The lowest BCUT2D eigenvalue weighted by Crippen LogP contribution is -2.07. The van der Waals surface area contributed by atoms with Gasteiger partial charge < -0.3 is 0 Å². The molecule has 1 aromatic carbocycles. The summed E-state index contributed by atoms with van der Waals surface area (Å²) in [5.41, 5.74) is 0. The van der Waals surface area contributed by atoms with Crippen molar-refractivity contribution >= 4 is 13.5 Å². The summed E-state index contributed by atoms with van der Waals surface area (Å²) < 4.78 is 5.02. The lowest BCUT2D eigenvalue weighted by atomic mass is 10.4. The Bertz CT molecular complexity index is 359. The van der Waals surface area contributed by atoms with Crippen LogP contribution in [0.4, 0.5) is 0 Å². The van der Waals surface area contributed by atoms with Crippen molar-refractivity contribution in [3.63, 3.8) is 0 Å². The van der Waals surface area contributed by atoms with Gasteiger partial charge in [-0.1, -0.05) is 61.7 Å². The maximum absolute atomic E-state index is 5.32. The highest BCUT2D eigenvalue weighted by molar-refractivity contribution is 7.65. The molecule has 0 heterocycles. The molecule has 78 valence electrons. The predicted octanol–water partition coefficient (Wildman–Crippen LogP) is 2.86. The largest absolute Gasteiger partial charge is 0.273 e. The van der Waals surface area contributed by atoms with Gasteiger partial charge in [0.15, 0.2) is 0 Å². The highest BCUT2D eigenvalue weighted by Crippen LogP contribution is 2.43. The van der Waals surface area contributed by atoms with Crippen molar-refractivity contribution in [2.45, 2.75) is 0 Å². The molecule has 0 spiro atoms. The molecule has 0 aromatic heterocycles. The van der Waals surface area contributed by atoms with Crippen molar-refractivity contribution in [3.8, 4) is 0 Å². The summed E-state index contributed by atoms with van der Waals surface area (Å²) in [6, 6.07) is 9.84. The smallest absolute Gasteiger partial charge is 0.117 e. The van der Waals surface area contributed by atoms with Crippen LogP contribution < -0.4 is 11.2 Å². The minimum absolute atomic E-state index is 0.953. The Morgan fingerprint density at radius 2 is 1.93 bits per heavy atom. The molecule has 1 rings (SSSR count). The summed E-state index contributed by atoms with van der Waals surface area (Å²) in [7, 11) is -0.973. The van der Waals surface area contributed by atoms with Crippen molar-refractivity contribution in [1.82, 2.24) is 0 Å². The van der Waals surface area contributed by atoms with Crippen molar-refractivity contribution in [2.24, 2.45) is 5.90 Å². The summed E-state index contributed by atoms with van der Waals surface area (Å²) in [4.78, 5) is 0. The number of hydrogen-bond acceptors (Lipinski definition) is 2. The predicted molar refractivity (Wildman–Crippen MR) is 66.7 cm³/mol. The molecular weight excluding hydrogens is 205 g/mol. The van der Waals surface area contributed by atoms with Crippen LogP contribution >= 0.6 is 8.15 Å². The monoisotopic (exact) mass is 219 g/mol. The Morgan fingerprint density at radius 1 is 1.27 bits per heavy atom. The van der Waals surface area contributed by atoms with Crippen LogP contribution in [0.3, 0.4) is 0 Å². The third-order valence-corrected chi connectivity index (χ3v) is 3.61. The van der Waals surface area contributed by atoms with Gasteiger partial charge in [-0.2, -0.15) is 0 Å². The molecule has 1 atom stereocenters. The zero-order valence-electron chi connectivity index (χ0n) is 8.47.